The molecule has 0 aliphatic rings. The van der Waals surface area contributed by atoms with Crippen LogP contribution < -0.4 is 5.32 Å². The molecule has 16 heavy (non-hydrogen) atoms. The Hall–Kier alpha value is -1.28. The number of furan rings is 1. The van der Waals surface area contributed by atoms with Crippen LogP contribution in [0.3, 0.4) is 0 Å². The van der Waals surface area contributed by atoms with Crippen LogP contribution in [0.5, 0.6) is 0 Å². The standard InChI is InChI=1S/C11H13BrN2O2/c1-7(2)11(3,6-13)14-10(15)8-4-5-9(12)16-8/h4-5,7H,1-3H3,(H,14,15)/t11-/m0/s1. The van der Waals surface area contributed by atoms with E-state index in [9.17, 15) is 4.79 Å². The third kappa shape index (κ3) is 2.64. The maximum absolute atomic E-state index is 11.8. The molecule has 86 valence electrons. The summed E-state index contributed by atoms with van der Waals surface area (Å²) < 4.78 is 5.60. The van der Waals surface area contributed by atoms with E-state index in [0.717, 1.165) is 0 Å². The predicted molar refractivity (Wildman–Crippen MR) is 62.7 cm³/mol. The number of carbonyl (C=O) groups excluding carboxylic acids is 1. The molecular weight excluding hydrogens is 272 g/mol. The third-order valence-corrected chi connectivity index (χ3v) is 2.98. The van der Waals surface area contributed by atoms with Crippen molar-refractivity contribution in [2.75, 3.05) is 0 Å². The number of hydrogen-bond acceptors (Lipinski definition) is 3. The molecule has 0 unspecified atom stereocenters. The first-order valence-corrected chi connectivity index (χ1v) is 5.67. The van der Waals surface area contributed by atoms with Crippen molar-refractivity contribution < 1.29 is 9.21 Å². The van der Waals surface area contributed by atoms with E-state index in [1.54, 1.807) is 19.1 Å². The van der Waals surface area contributed by atoms with E-state index < -0.39 is 5.54 Å². The third-order valence-electron chi connectivity index (χ3n) is 2.56. The van der Waals surface area contributed by atoms with Gasteiger partial charge in [0, 0.05) is 0 Å². The van der Waals surface area contributed by atoms with Gasteiger partial charge in [-0.25, -0.2) is 0 Å². The molecule has 1 rings (SSSR count). The average molecular weight is 285 g/mol. The first-order valence-electron chi connectivity index (χ1n) is 4.88. The molecule has 0 fully saturated rings. The van der Waals surface area contributed by atoms with Crippen LogP contribution in [0.1, 0.15) is 31.3 Å². The van der Waals surface area contributed by atoms with Crippen LogP contribution >= 0.6 is 15.9 Å². The van der Waals surface area contributed by atoms with Crippen LogP contribution in [0.15, 0.2) is 21.2 Å². The number of amides is 1. The van der Waals surface area contributed by atoms with Gasteiger partial charge in [-0.1, -0.05) is 13.8 Å². The highest BCUT2D eigenvalue weighted by Gasteiger charge is 2.31. The SMILES string of the molecule is CC(C)[C@](C)(C#N)NC(=O)c1ccc(Br)o1. The lowest BCUT2D eigenvalue weighted by atomic mass is 9.90. The van der Waals surface area contributed by atoms with Gasteiger partial charge in [-0.15, -0.1) is 0 Å². The van der Waals surface area contributed by atoms with Crippen molar-refractivity contribution in [3.05, 3.63) is 22.6 Å². The Labute approximate surface area is 103 Å². The summed E-state index contributed by atoms with van der Waals surface area (Å²) >= 11 is 3.11. The second-order valence-electron chi connectivity index (χ2n) is 4.03. The molecule has 1 aromatic heterocycles. The summed E-state index contributed by atoms with van der Waals surface area (Å²) in [6, 6.07) is 5.29. The summed E-state index contributed by atoms with van der Waals surface area (Å²) in [6.07, 6.45) is 0. The molecule has 1 aromatic rings. The zero-order valence-electron chi connectivity index (χ0n) is 9.37. The molecule has 4 nitrogen and oxygen atoms in total. The Kier molecular flexibility index (Phi) is 3.76. The van der Waals surface area contributed by atoms with Gasteiger partial charge < -0.3 is 9.73 Å². The minimum atomic E-state index is -0.893. The van der Waals surface area contributed by atoms with Gasteiger partial charge in [-0.3, -0.25) is 4.79 Å². The minimum Gasteiger partial charge on any atom is -0.444 e. The second kappa shape index (κ2) is 4.71. The van der Waals surface area contributed by atoms with Crippen LogP contribution in [-0.4, -0.2) is 11.4 Å². The Balaban J connectivity index is 2.83. The highest BCUT2D eigenvalue weighted by molar-refractivity contribution is 9.10. The predicted octanol–water partition coefficient (Wildman–Crippen LogP) is 2.71. The van der Waals surface area contributed by atoms with Gasteiger partial charge in [0.05, 0.1) is 6.07 Å². The summed E-state index contributed by atoms with van der Waals surface area (Å²) in [5.41, 5.74) is -0.893. The van der Waals surface area contributed by atoms with E-state index in [1.165, 1.54) is 0 Å². The summed E-state index contributed by atoms with van der Waals surface area (Å²) in [4.78, 5) is 11.8. The fraction of sp³-hybridized carbons (Fsp3) is 0.455. The molecule has 1 N–H and O–H groups in total. The number of rotatable bonds is 3. The maximum atomic E-state index is 11.8. The molecule has 0 saturated carbocycles. The van der Waals surface area contributed by atoms with Gasteiger partial charge in [0.1, 0.15) is 5.54 Å². The number of nitrogens with one attached hydrogen (secondary N) is 1. The number of nitriles is 1. The van der Waals surface area contributed by atoms with Crippen LogP contribution in [0.25, 0.3) is 0 Å². The minimum absolute atomic E-state index is 0.0138. The van der Waals surface area contributed by atoms with Crippen LogP contribution in [0.4, 0.5) is 0 Å². The summed E-state index contributed by atoms with van der Waals surface area (Å²) in [5.74, 6) is -0.183. The molecule has 0 spiro atoms. The number of nitrogens with zero attached hydrogens (tertiary/aromatic N) is 1. The second-order valence-corrected chi connectivity index (χ2v) is 4.81. The molecule has 0 radical (unpaired) electrons. The normalized spacial score (nSPS) is 14.2. The lowest BCUT2D eigenvalue weighted by Gasteiger charge is -2.26. The highest BCUT2D eigenvalue weighted by Crippen LogP contribution is 2.18. The van der Waals surface area contributed by atoms with Crippen molar-refractivity contribution in [2.45, 2.75) is 26.3 Å². The molecule has 0 saturated heterocycles. The summed E-state index contributed by atoms with van der Waals surface area (Å²) in [7, 11) is 0. The molecule has 0 aromatic carbocycles. The van der Waals surface area contributed by atoms with Crippen LogP contribution in [-0.2, 0) is 0 Å². The van der Waals surface area contributed by atoms with Gasteiger partial charge in [0.25, 0.3) is 5.91 Å². The fourth-order valence-corrected chi connectivity index (χ4v) is 1.34. The molecule has 5 heteroatoms. The largest absolute Gasteiger partial charge is 0.444 e. The van der Waals surface area contributed by atoms with E-state index in [4.69, 9.17) is 9.68 Å². The van der Waals surface area contributed by atoms with Crippen molar-refractivity contribution in [3.63, 3.8) is 0 Å². The molecular formula is C11H13BrN2O2. The zero-order chi connectivity index (χ0) is 12.3. The van der Waals surface area contributed by atoms with Crippen molar-refractivity contribution in [2.24, 2.45) is 5.92 Å². The Morgan fingerprint density at radius 1 is 1.62 bits per heavy atom. The molecule has 0 aliphatic heterocycles. The Morgan fingerprint density at radius 3 is 2.62 bits per heavy atom. The molecule has 0 bridgehead atoms. The average Bonchev–Trinajstić information content (AvgIpc) is 2.64. The first kappa shape index (κ1) is 12.8. The van der Waals surface area contributed by atoms with E-state index in [0.29, 0.717) is 4.67 Å². The van der Waals surface area contributed by atoms with Gasteiger partial charge in [0.15, 0.2) is 10.4 Å². The molecule has 1 atom stereocenters. The maximum Gasteiger partial charge on any atom is 0.288 e. The van der Waals surface area contributed by atoms with Gasteiger partial charge >= 0.3 is 0 Å². The Bertz CT molecular complexity index is 433. The first-order chi connectivity index (χ1) is 7.39. The number of halogens is 1. The topological polar surface area (TPSA) is 66.0 Å². The van der Waals surface area contributed by atoms with E-state index >= 15 is 0 Å². The lowest BCUT2D eigenvalue weighted by Crippen LogP contribution is -2.48. The zero-order valence-corrected chi connectivity index (χ0v) is 11.0. The fourth-order valence-electron chi connectivity index (χ4n) is 1.04. The van der Waals surface area contributed by atoms with Crippen molar-refractivity contribution >= 4 is 21.8 Å². The number of hydrogen-bond donors (Lipinski definition) is 1. The van der Waals surface area contributed by atoms with Crippen LogP contribution in [0, 0.1) is 17.2 Å². The number of carbonyl (C=O) groups is 1. The molecule has 1 heterocycles. The highest BCUT2D eigenvalue weighted by atomic mass is 79.9. The molecule has 1 amide bonds. The van der Waals surface area contributed by atoms with Gasteiger partial charge in [-0.05, 0) is 40.9 Å². The van der Waals surface area contributed by atoms with Crippen LogP contribution in [0.2, 0.25) is 0 Å². The lowest BCUT2D eigenvalue weighted by molar-refractivity contribution is 0.0878. The van der Waals surface area contributed by atoms with Gasteiger partial charge in [0.2, 0.25) is 0 Å². The summed E-state index contributed by atoms with van der Waals surface area (Å²) in [6.45, 7) is 5.44. The molecule has 0 aliphatic carbocycles. The van der Waals surface area contributed by atoms with Crippen molar-refractivity contribution in [3.8, 4) is 6.07 Å². The van der Waals surface area contributed by atoms with Crippen molar-refractivity contribution in [1.29, 1.82) is 5.26 Å². The monoisotopic (exact) mass is 284 g/mol. The van der Waals surface area contributed by atoms with Crippen molar-refractivity contribution in [1.82, 2.24) is 5.32 Å². The summed E-state index contributed by atoms with van der Waals surface area (Å²) in [5, 5.41) is 11.7. The Morgan fingerprint density at radius 2 is 2.25 bits per heavy atom. The quantitative estimate of drug-likeness (QED) is 0.928. The van der Waals surface area contributed by atoms with E-state index in [1.807, 2.05) is 13.8 Å². The van der Waals surface area contributed by atoms with E-state index in [2.05, 4.69) is 27.3 Å². The van der Waals surface area contributed by atoms with Gasteiger partial charge in [-0.2, -0.15) is 5.26 Å². The smallest absolute Gasteiger partial charge is 0.288 e. The van der Waals surface area contributed by atoms with E-state index in [-0.39, 0.29) is 17.6 Å².